The van der Waals surface area contributed by atoms with Crippen LogP contribution in [0.4, 0.5) is 11.4 Å². The second-order valence-corrected chi connectivity index (χ2v) is 10.9. The molecule has 5 atom stereocenters. The number of nitrogens with one attached hydrogen (secondary N) is 2. The fourth-order valence-electron chi connectivity index (χ4n) is 7.18. The van der Waals surface area contributed by atoms with Gasteiger partial charge in [-0.05, 0) is 81.5 Å². The predicted molar refractivity (Wildman–Crippen MR) is 127 cm³/mol. The number of hydrogen-bond donors (Lipinski definition) is 2. The summed E-state index contributed by atoms with van der Waals surface area (Å²) in [6, 6.07) is 7.70. The molecule has 0 aromatic heterocycles. The summed E-state index contributed by atoms with van der Waals surface area (Å²) >= 11 is 0. The summed E-state index contributed by atoms with van der Waals surface area (Å²) in [4.78, 5) is 40.3. The number of anilines is 2. The molecular weight excluding hydrogens is 434 g/mol. The quantitative estimate of drug-likeness (QED) is 0.622. The molecule has 0 spiro atoms. The van der Waals surface area contributed by atoms with Crippen LogP contribution < -0.4 is 15.5 Å². The number of hydrogen-bond acceptors (Lipinski definition) is 6. The van der Waals surface area contributed by atoms with E-state index in [0.29, 0.717) is 23.9 Å². The summed E-state index contributed by atoms with van der Waals surface area (Å²) in [5.41, 5.74) is 0.865. The fourth-order valence-corrected chi connectivity index (χ4v) is 7.18. The number of carbonyl (C=O) groups excluding carboxylic acids is 3. The molecular formula is C26H35N3O5. The highest BCUT2D eigenvalue weighted by Gasteiger charge is 2.61. The average molecular weight is 470 g/mol. The molecule has 2 amide bonds. The minimum atomic E-state index is -0.892. The minimum absolute atomic E-state index is 0.0437. The van der Waals surface area contributed by atoms with Gasteiger partial charge in [0.25, 0.3) is 5.91 Å². The Morgan fingerprint density at radius 2 is 1.71 bits per heavy atom. The number of carbonyl (C=O) groups is 3. The topological polar surface area (TPSA) is 97.0 Å². The molecule has 4 aliphatic carbocycles. The molecule has 0 radical (unpaired) electrons. The van der Waals surface area contributed by atoms with E-state index in [1.807, 2.05) is 24.3 Å². The van der Waals surface area contributed by atoms with Gasteiger partial charge in [0.05, 0.1) is 18.6 Å². The van der Waals surface area contributed by atoms with Gasteiger partial charge in [-0.3, -0.25) is 14.4 Å². The van der Waals surface area contributed by atoms with Crippen LogP contribution in [0.5, 0.6) is 0 Å². The fraction of sp³-hybridized carbons (Fsp3) is 0.654. The van der Waals surface area contributed by atoms with Crippen molar-refractivity contribution < 1.29 is 23.9 Å². The Labute approximate surface area is 200 Å². The van der Waals surface area contributed by atoms with E-state index < -0.39 is 11.5 Å². The molecule has 5 fully saturated rings. The molecule has 4 saturated carbocycles. The van der Waals surface area contributed by atoms with E-state index in [1.54, 1.807) is 13.8 Å². The molecule has 184 valence electrons. The highest BCUT2D eigenvalue weighted by Crippen LogP contribution is 2.62. The van der Waals surface area contributed by atoms with Crippen molar-refractivity contribution in [2.24, 2.45) is 17.3 Å². The maximum Gasteiger partial charge on any atom is 0.312 e. The van der Waals surface area contributed by atoms with E-state index >= 15 is 0 Å². The lowest BCUT2D eigenvalue weighted by Gasteiger charge is -2.60. The zero-order chi connectivity index (χ0) is 23.9. The number of rotatable bonds is 6. The van der Waals surface area contributed by atoms with Gasteiger partial charge in [0.15, 0.2) is 6.10 Å². The Kier molecular flexibility index (Phi) is 6.04. The predicted octanol–water partition coefficient (Wildman–Crippen LogP) is 2.87. The van der Waals surface area contributed by atoms with Gasteiger partial charge in [0.1, 0.15) is 0 Å². The van der Waals surface area contributed by atoms with Crippen LogP contribution in [-0.4, -0.2) is 55.7 Å². The van der Waals surface area contributed by atoms with Gasteiger partial charge in [0.2, 0.25) is 5.91 Å². The lowest BCUT2D eigenvalue weighted by Crippen LogP contribution is -2.65. The number of ether oxygens (including phenoxy) is 2. The largest absolute Gasteiger partial charge is 0.452 e. The Morgan fingerprint density at radius 1 is 1.06 bits per heavy atom. The van der Waals surface area contributed by atoms with Crippen LogP contribution >= 0.6 is 0 Å². The molecule has 1 aromatic carbocycles. The van der Waals surface area contributed by atoms with Crippen molar-refractivity contribution in [3.05, 3.63) is 24.3 Å². The van der Waals surface area contributed by atoms with Gasteiger partial charge in [-0.15, -0.1) is 0 Å². The maximum atomic E-state index is 13.4. The van der Waals surface area contributed by atoms with Crippen LogP contribution in [0.3, 0.4) is 0 Å². The number of esters is 1. The van der Waals surface area contributed by atoms with Crippen LogP contribution in [0.2, 0.25) is 0 Å². The molecule has 6 rings (SSSR count). The molecule has 8 nitrogen and oxygen atoms in total. The smallest absolute Gasteiger partial charge is 0.312 e. The van der Waals surface area contributed by atoms with Gasteiger partial charge in [-0.2, -0.15) is 0 Å². The Morgan fingerprint density at radius 3 is 2.32 bits per heavy atom. The molecule has 5 aliphatic rings. The monoisotopic (exact) mass is 469 g/mol. The normalized spacial score (nSPS) is 32.7. The second-order valence-electron chi connectivity index (χ2n) is 10.9. The molecule has 1 saturated heterocycles. The van der Waals surface area contributed by atoms with E-state index in [0.717, 1.165) is 64.1 Å². The van der Waals surface area contributed by atoms with Crippen LogP contribution in [0.15, 0.2) is 24.3 Å². The number of nitrogens with zero attached hydrogens (tertiary/aromatic N) is 1. The summed E-state index contributed by atoms with van der Waals surface area (Å²) in [6.07, 6.45) is 4.30. The lowest BCUT2D eigenvalue weighted by molar-refractivity contribution is -0.181. The zero-order valence-corrected chi connectivity index (χ0v) is 20.1. The molecule has 34 heavy (non-hydrogen) atoms. The summed E-state index contributed by atoms with van der Waals surface area (Å²) in [6.45, 7) is 6.31. The first-order valence-electron chi connectivity index (χ1n) is 12.5. The first-order chi connectivity index (χ1) is 16.3. The van der Waals surface area contributed by atoms with Gasteiger partial charge in [0, 0.05) is 36.9 Å². The molecule has 2 N–H and O–H groups in total. The van der Waals surface area contributed by atoms with Crippen molar-refractivity contribution in [3.63, 3.8) is 0 Å². The standard InChI is InChI=1S/C26H35N3O5/c1-17(23(31)27-21-3-5-22(6-4-21)29-7-9-33-10-8-29)34-24(32)25-12-19-11-20(13-25)15-26(14-19,16-25)28-18(2)30/h3-6,17,19-20H,7-16H2,1-2H3,(H,27,31)(H,28,30)/t17-,19-,20+,25?,26?/m1/s1. The van der Waals surface area contributed by atoms with E-state index in [1.165, 1.54) is 0 Å². The van der Waals surface area contributed by atoms with Crippen molar-refractivity contribution in [3.8, 4) is 0 Å². The van der Waals surface area contributed by atoms with Crippen LogP contribution in [0, 0.1) is 17.3 Å². The van der Waals surface area contributed by atoms with E-state index in [9.17, 15) is 14.4 Å². The summed E-state index contributed by atoms with van der Waals surface area (Å²) in [5.74, 6) is 0.179. The molecule has 1 aliphatic heterocycles. The molecule has 8 heteroatoms. The van der Waals surface area contributed by atoms with Crippen LogP contribution in [0.1, 0.15) is 52.4 Å². The minimum Gasteiger partial charge on any atom is -0.452 e. The third-order valence-corrected chi connectivity index (χ3v) is 8.10. The molecule has 4 bridgehead atoms. The van der Waals surface area contributed by atoms with Gasteiger partial charge in [-0.25, -0.2) is 0 Å². The highest BCUT2D eigenvalue weighted by molar-refractivity contribution is 5.95. The molecule has 1 aromatic rings. The van der Waals surface area contributed by atoms with Crippen molar-refractivity contribution in [1.29, 1.82) is 0 Å². The Bertz CT molecular complexity index is 942. The summed E-state index contributed by atoms with van der Waals surface area (Å²) < 4.78 is 11.1. The van der Waals surface area contributed by atoms with Crippen LogP contribution in [0.25, 0.3) is 0 Å². The van der Waals surface area contributed by atoms with Crippen molar-refractivity contribution in [1.82, 2.24) is 5.32 Å². The number of morpholine rings is 1. The summed E-state index contributed by atoms with van der Waals surface area (Å²) in [7, 11) is 0. The van der Waals surface area contributed by atoms with Gasteiger partial charge >= 0.3 is 5.97 Å². The number of amides is 2. The Balaban J connectivity index is 1.20. The highest BCUT2D eigenvalue weighted by atomic mass is 16.5. The molecule has 2 unspecified atom stereocenters. The zero-order valence-electron chi connectivity index (χ0n) is 20.1. The van der Waals surface area contributed by atoms with Crippen molar-refractivity contribution in [2.75, 3.05) is 36.5 Å². The SMILES string of the molecule is CC(=O)NC12C[C@H]3C[C@@H](C1)CC(C(=O)O[C@H](C)C(=O)Nc1ccc(N4CCOCC4)cc1)(C3)C2. The van der Waals surface area contributed by atoms with Crippen LogP contribution in [-0.2, 0) is 23.9 Å². The third-order valence-electron chi connectivity index (χ3n) is 8.10. The lowest BCUT2D eigenvalue weighted by atomic mass is 9.47. The first kappa shape index (κ1) is 23.1. The maximum absolute atomic E-state index is 13.4. The van der Waals surface area contributed by atoms with Gasteiger partial charge < -0.3 is 25.0 Å². The van der Waals surface area contributed by atoms with E-state index in [-0.39, 0.29) is 23.3 Å². The molecule has 1 heterocycles. The first-order valence-corrected chi connectivity index (χ1v) is 12.5. The Hall–Kier alpha value is -2.61. The summed E-state index contributed by atoms with van der Waals surface area (Å²) in [5, 5.41) is 6.04. The second kappa shape index (κ2) is 8.87. The third kappa shape index (κ3) is 4.52. The average Bonchev–Trinajstić information content (AvgIpc) is 2.78. The number of benzene rings is 1. The van der Waals surface area contributed by atoms with E-state index in [4.69, 9.17) is 9.47 Å². The van der Waals surface area contributed by atoms with Gasteiger partial charge in [-0.1, -0.05) is 0 Å². The van der Waals surface area contributed by atoms with Crippen molar-refractivity contribution in [2.45, 2.75) is 64.0 Å². The van der Waals surface area contributed by atoms with E-state index in [2.05, 4.69) is 15.5 Å². The van der Waals surface area contributed by atoms with Crippen molar-refractivity contribution >= 4 is 29.2 Å².